The zero-order valence-corrected chi connectivity index (χ0v) is 12.7. The van der Waals surface area contributed by atoms with Crippen LogP contribution in [0.5, 0.6) is 0 Å². The second-order valence-corrected chi connectivity index (χ2v) is 7.53. The van der Waals surface area contributed by atoms with E-state index < -0.39 is 28.0 Å². The van der Waals surface area contributed by atoms with Gasteiger partial charge in [-0.1, -0.05) is 0 Å². The Labute approximate surface area is 113 Å². The number of hydrogen-bond donors (Lipinski definition) is 1. The molecule has 0 aromatic carbocycles. The van der Waals surface area contributed by atoms with Crippen LogP contribution < -0.4 is 4.72 Å². The minimum atomic E-state index is -1.25. The van der Waals surface area contributed by atoms with Crippen molar-refractivity contribution in [3.05, 3.63) is 28.2 Å². The molecule has 1 rings (SSSR count). The first-order chi connectivity index (χ1) is 7.71. The Morgan fingerprint density at radius 3 is 2.59 bits per heavy atom. The Morgan fingerprint density at radius 1 is 1.47 bits per heavy atom. The quantitative estimate of drug-likeness (QED) is 0.687. The van der Waals surface area contributed by atoms with Crippen LogP contribution in [-0.4, -0.2) is 14.3 Å². The number of nitrogens with one attached hydrogen (secondary N) is 1. The summed E-state index contributed by atoms with van der Waals surface area (Å²) in [4.78, 5) is 4.05. The summed E-state index contributed by atoms with van der Waals surface area (Å²) in [5.41, 5.74) is 0.261. The molecule has 3 nitrogen and oxygen atoms in total. The molecule has 0 bridgehead atoms. The lowest BCUT2D eigenvalue weighted by Gasteiger charge is -2.26. The highest BCUT2D eigenvalue weighted by molar-refractivity contribution is 9.10. The van der Waals surface area contributed by atoms with Crippen LogP contribution in [0, 0.1) is 5.82 Å². The fraction of sp³-hybridized carbons (Fsp3) is 0.545. The van der Waals surface area contributed by atoms with Gasteiger partial charge in [0.2, 0.25) is 0 Å². The lowest BCUT2D eigenvalue weighted by Crippen LogP contribution is -2.40. The van der Waals surface area contributed by atoms with Crippen molar-refractivity contribution in [1.29, 1.82) is 0 Å². The van der Waals surface area contributed by atoms with Crippen molar-refractivity contribution in [3.63, 3.8) is 0 Å². The van der Waals surface area contributed by atoms with Crippen molar-refractivity contribution < 1.29 is 8.94 Å². The van der Waals surface area contributed by atoms with Crippen molar-refractivity contribution in [2.45, 2.75) is 38.5 Å². The summed E-state index contributed by atoms with van der Waals surface area (Å²) in [6.45, 7) is 7.30. The average Bonchev–Trinajstić information content (AvgIpc) is 2.20. The first kappa shape index (κ1) is 14.9. The molecular formula is C11H16BrFN2OS. The van der Waals surface area contributed by atoms with Crippen LogP contribution in [0.15, 0.2) is 16.7 Å². The molecule has 96 valence electrons. The molecule has 0 aliphatic heterocycles. The van der Waals surface area contributed by atoms with E-state index in [1.54, 1.807) is 6.92 Å². The Kier molecular flexibility index (Phi) is 4.95. The molecule has 6 heteroatoms. The SMILES string of the molecule is CC(N[S+]([O-])C(C)(C)C)c1nc(Br)ccc1F. The first-order valence-electron chi connectivity index (χ1n) is 5.22. The van der Waals surface area contributed by atoms with E-state index in [0.29, 0.717) is 4.60 Å². The van der Waals surface area contributed by atoms with Gasteiger partial charge in [-0.15, -0.1) is 4.72 Å². The van der Waals surface area contributed by atoms with Gasteiger partial charge in [-0.2, -0.15) is 0 Å². The topological polar surface area (TPSA) is 48.0 Å². The van der Waals surface area contributed by atoms with Gasteiger partial charge in [0.1, 0.15) is 15.2 Å². The highest BCUT2D eigenvalue weighted by Crippen LogP contribution is 2.21. The molecular weight excluding hydrogens is 307 g/mol. The van der Waals surface area contributed by atoms with E-state index in [2.05, 4.69) is 25.6 Å². The van der Waals surface area contributed by atoms with Crippen molar-refractivity contribution >= 4 is 27.3 Å². The van der Waals surface area contributed by atoms with Gasteiger partial charge in [0.25, 0.3) is 0 Å². The Bertz CT molecular complexity index is 398. The highest BCUT2D eigenvalue weighted by Gasteiger charge is 2.29. The van der Waals surface area contributed by atoms with Gasteiger partial charge < -0.3 is 4.55 Å². The maximum Gasteiger partial charge on any atom is 0.146 e. The number of rotatable bonds is 3. The van der Waals surface area contributed by atoms with Gasteiger partial charge in [-0.05, 0) is 55.8 Å². The Morgan fingerprint density at radius 2 is 2.06 bits per heavy atom. The molecule has 0 aliphatic carbocycles. The van der Waals surface area contributed by atoms with E-state index in [-0.39, 0.29) is 5.69 Å². The summed E-state index contributed by atoms with van der Waals surface area (Å²) < 4.78 is 28.4. The zero-order valence-electron chi connectivity index (χ0n) is 10.3. The molecule has 0 fully saturated rings. The fourth-order valence-electron chi connectivity index (χ4n) is 1.13. The number of aromatic nitrogens is 1. The molecule has 0 saturated carbocycles. The minimum absolute atomic E-state index is 0.261. The van der Waals surface area contributed by atoms with Gasteiger partial charge in [0.05, 0.1) is 11.7 Å². The highest BCUT2D eigenvalue weighted by atomic mass is 79.9. The van der Waals surface area contributed by atoms with Crippen LogP contribution >= 0.6 is 15.9 Å². The second kappa shape index (κ2) is 5.65. The molecule has 1 heterocycles. The molecule has 0 saturated heterocycles. The molecule has 17 heavy (non-hydrogen) atoms. The van der Waals surface area contributed by atoms with E-state index in [1.165, 1.54) is 12.1 Å². The monoisotopic (exact) mass is 322 g/mol. The summed E-state index contributed by atoms with van der Waals surface area (Å²) in [7, 11) is 0. The van der Waals surface area contributed by atoms with Crippen LogP contribution in [0.2, 0.25) is 0 Å². The Hall–Kier alpha value is -0.170. The summed E-state index contributed by atoms with van der Waals surface area (Å²) >= 11 is 1.93. The minimum Gasteiger partial charge on any atom is -0.598 e. The van der Waals surface area contributed by atoms with Crippen LogP contribution in [0.4, 0.5) is 4.39 Å². The van der Waals surface area contributed by atoms with Crippen LogP contribution in [0.3, 0.4) is 0 Å². The lowest BCUT2D eigenvalue weighted by atomic mass is 10.2. The predicted molar refractivity (Wildman–Crippen MR) is 71.3 cm³/mol. The van der Waals surface area contributed by atoms with E-state index in [4.69, 9.17) is 0 Å². The first-order valence-corrected chi connectivity index (χ1v) is 7.16. The van der Waals surface area contributed by atoms with E-state index >= 15 is 0 Å². The summed E-state index contributed by atoms with van der Waals surface area (Å²) in [5, 5.41) is 0. The summed E-state index contributed by atoms with van der Waals surface area (Å²) in [6.07, 6.45) is 0. The summed E-state index contributed by atoms with van der Waals surface area (Å²) in [5.74, 6) is -0.404. The number of pyridine rings is 1. The molecule has 1 aromatic rings. The molecule has 0 radical (unpaired) electrons. The summed E-state index contributed by atoms with van der Waals surface area (Å²) in [6, 6.07) is 2.46. The molecule has 0 aliphatic rings. The van der Waals surface area contributed by atoms with Crippen molar-refractivity contribution in [1.82, 2.24) is 9.71 Å². The fourth-order valence-corrected chi connectivity index (χ4v) is 2.24. The zero-order chi connectivity index (χ0) is 13.2. The maximum atomic E-state index is 13.5. The number of halogens is 2. The Balaban J connectivity index is 2.83. The van der Waals surface area contributed by atoms with Gasteiger partial charge in [-0.25, -0.2) is 9.37 Å². The van der Waals surface area contributed by atoms with Crippen LogP contribution in [-0.2, 0) is 11.4 Å². The van der Waals surface area contributed by atoms with Crippen LogP contribution in [0.25, 0.3) is 0 Å². The molecule has 0 amide bonds. The molecule has 0 spiro atoms. The van der Waals surface area contributed by atoms with E-state index in [9.17, 15) is 8.94 Å². The largest absolute Gasteiger partial charge is 0.598 e. The van der Waals surface area contributed by atoms with Gasteiger partial charge >= 0.3 is 0 Å². The average molecular weight is 323 g/mol. The second-order valence-electron chi connectivity index (χ2n) is 4.72. The lowest BCUT2D eigenvalue weighted by molar-refractivity contribution is 0.516. The smallest absolute Gasteiger partial charge is 0.146 e. The van der Waals surface area contributed by atoms with Crippen molar-refractivity contribution in [2.24, 2.45) is 0 Å². The van der Waals surface area contributed by atoms with Crippen molar-refractivity contribution in [2.75, 3.05) is 0 Å². The third-order valence-corrected chi connectivity index (χ3v) is 4.21. The van der Waals surface area contributed by atoms with Crippen molar-refractivity contribution in [3.8, 4) is 0 Å². The third kappa shape index (κ3) is 4.21. The molecule has 1 N–H and O–H groups in total. The molecule has 2 unspecified atom stereocenters. The number of hydrogen-bond acceptors (Lipinski definition) is 3. The third-order valence-electron chi connectivity index (χ3n) is 2.09. The number of nitrogens with zero attached hydrogens (tertiary/aromatic N) is 1. The van der Waals surface area contributed by atoms with Gasteiger partial charge in [-0.3, -0.25) is 0 Å². The molecule has 1 aromatic heterocycles. The normalized spacial score (nSPS) is 15.7. The standard InChI is InChI=1S/C11H16BrFN2OS/c1-7(15-17(16)11(2,3)4)10-8(13)5-6-9(12)14-10/h5-7,15H,1-4H3. The molecule has 2 atom stereocenters. The van der Waals surface area contributed by atoms with E-state index in [0.717, 1.165) is 0 Å². The van der Waals surface area contributed by atoms with Crippen LogP contribution in [0.1, 0.15) is 39.4 Å². The van der Waals surface area contributed by atoms with Gasteiger partial charge in [0, 0.05) is 11.4 Å². The predicted octanol–water partition coefficient (Wildman–Crippen LogP) is 3.10. The van der Waals surface area contributed by atoms with E-state index in [1.807, 2.05) is 20.8 Å². The van der Waals surface area contributed by atoms with Gasteiger partial charge in [0.15, 0.2) is 0 Å². The maximum absolute atomic E-state index is 13.5.